The summed E-state index contributed by atoms with van der Waals surface area (Å²) in [5.74, 6) is 1.68. The minimum absolute atomic E-state index is 0. The third-order valence-corrected chi connectivity index (χ3v) is 4.84. The highest BCUT2D eigenvalue weighted by Crippen LogP contribution is 2.19. The Balaban J connectivity index is 0.00000169. The zero-order valence-electron chi connectivity index (χ0n) is 14.7. The maximum Gasteiger partial charge on any atom is 0.120 e. The van der Waals surface area contributed by atoms with Crippen LogP contribution in [0.4, 0.5) is 0 Å². The van der Waals surface area contributed by atoms with Crippen molar-refractivity contribution in [3.63, 3.8) is 0 Å². The standard InChI is InChI=1S/C20H25ClN2O.2ClH/c21-20-7-2-1-5-18(20)15-24-19-6-3-4-17(12-19)14-23-13-16-8-10-22-11-9-16;;/h1-7,12,16,22-23H,8-11,13-15H2;2*1H/p-2. The molecule has 1 fully saturated rings. The summed E-state index contributed by atoms with van der Waals surface area (Å²) < 4.78 is 5.89. The summed E-state index contributed by atoms with van der Waals surface area (Å²) in [5, 5.41) is 7.73. The SMILES string of the molecule is Clc1ccccc1COc1cccc(CNCC2CCNCC2)c1.[Cl-].[Cl-]. The first-order chi connectivity index (χ1) is 11.8. The van der Waals surface area contributed by atoms with E-state index in [2.05, 4.69) is 22.8 Å². The zero-order valence-corrected chi connectivity index (χ0v) is 17.0. The lowest BCUT2D eigenvalue weighted by atomic mass is 9.98. The zero-order chi connectivity index (χ0) is 16.6. The second kappa shape index (κ2) is 12.4. The van der Waals surface area contributed by atoms with Crippen LogP contribution < -0.4 is 40.2 Å². The van der Waals surface area contributed by atoms with Crippen LogP contribution in [0, 0.1) is 5.92 Å². The maximum atomic E-state index is 6.17. The molecule has 0 aliphatic carbocycles. The topological polar surface area (TPSA) is 33.3 Å². The minimum Gasteiger partial charge on any atom is -1.00 e. The molecule has 0 bridgehead atoms. The number of piperidine rings is 1. The highest BCUT2D eigenvalue weighted by Gasteiger charge is 2.12. The molecule has 1 aliphatic rings. The van der Waals surface area contributed by atoms with Gasteiger partial charge in [-0.15, -0.1) is 0 Å². The van der Waals surface area contributed by atoms with Crippen molar-refractivity contribution in [2.45, 2.75) is 26.0 Å². The third kappa shape index (κ3) is 7.34. The normalized spacial score (nSPS) is 14.2. The summed E-state index contributed by atoms with van der Waals surface area (Å²) in [5.41, 5.74) is 2.26. The molecule has 0 unspecified atom stereocenters. The number of hydrogen-bond acceptors (Lipinski definition) is 3. The van der Waals surface area contributed by atoms with E-state index in [0.717, 1.165) is 48.4 Å². The van der Waals surface area contributed by atoms with Crippen molar-refractivity contribution in [3.05, 3.63) is 64.7 Å². The lowest BCUT2D eigenvalue weighted by molar-refractivity contribution is -0.00100. The van der Waals surface area contributed by atoms with E-state index >= 15 is 0 Å². The Morgan fingerprint density at radius 3 is 2.58 bits per heavy atom. The molecule has 0 atom stereocenters. The predicted molar refractivity (Wildman–Crippen MR) is 99.5 cm³/mol. The van der Waals surface area contributed by atoms with Gasteiger partial charge in [0.05, 0.1) is 0 Å². The Labute approximate surface area is 173 Å². The first-order valence-corrected chi connectivity index (χ1v) is 9.05. The Bertz CT molecular complexity index is 648. The van der Waals surface area contributed by atoms with Crippen LogP contribution in [-0.2, 0) is 13.2 Å². The van der Waals surface area contributed by atoms with Crippen LogP contribution in [0.15, 0.2) is 48.5 Å². The molecule has 0 aromatic heterocycles. The van der Waals surface area contributed by atoms with E-state index in [1.54, 1.807) is 0 Å². The van der Waals surface area contributed by atoms with E-state index in [0.29, 0.717) is 6.61 Å². The second-order valence-electron chi connectivity index (χ2n) is 6.35. The first-order valence-electron chi connectivity index (χ1n) is 8.68. The fourth-order valence-corrected chi connectivity index (χ4v) is 3.22. The van der Waals surface area contributed by atoms with Gasteiger partial charge in [-0.2, -0.15) is 0 Å². The summed E-state index contributed by atoms with van der Waals surface area (Å²) >= 11 is 6.17. The molecule has 3 nitrogen and oxygen atoms in total. The van der Waals surface area contributed by atoms with Crippen molar-refractivity contribution in [1.82, 2.24) is 10.6 Å². The average Bonchev–Trinajstić information content (AvgIpc) is 2.62. The molecule has 0 saturated carbocycles. The molecule has 2 N–H and O–H groups in total. The van der Waals surface area contributed by atoms with E-state index in [4.69, 9.17) is 16.3 Å². The quantitative estimate of drug-likeness (QED) is 0.550. The van der Waals surface area contributed by atoms with Crippen molar-refractivity contribution in [2.24, 2.45) is 5.92 Å². The van der Waals surface area contributed by atoms with Crippen LogP contribution in [-0.4, -0.2) is 19.6 Å². The highest BCUT2D eigenvalue weighted by atomic mass is 35.5. The predicted octanol–water partition coefficient (Wildman–Crippen LogP) is -1.98. The molecule has 2 aromatic rings. The molecule has 0 spiro atoms. The Hall–Kier alpha value is -0.970. The van der Waals surface area contributed by atoms with Gasteiger partial charge in [0, 0.05) is 17.1 Å². The molecular weight excluding hydrogens is 391 g/mol. The van der Waals surface area contributed by atoms with Crippen LogP contribution in [0.25, 0.3) is 0 Å². The Morgan fingerprint density at radius 2 is 1.81 bits per heavy atom. The average molecular weight is 416 g/mol. The fourth-order valence-electron chi connectivity index (χ4n) is 3.03. The lowest BCUT2D eigenvalue weighted by Crippen LogP contribution is -3.00. The third-order valence-electron chi connectivity index (χ3n) is 4.47. The first kappa shape index (κ1) is 23.1. The molecule has 3 rings (SSSR count). The molecule has 1 heterocycles. The molecule has 1 aliphatic heterocycles. The monoisotopic (exact) mass is 414 g/mol. The molecule has 2 aromatic carbocycles. The van der Waals surface area contributed by atoms with Gasteiger partial charge >= 0.3 is 0 Å². The summed E-state index contributed by atoms with van der Waals surface area (Å²) in [7, 11) is 0. The number of ether oxygens (including phenoxy) is 1. The maximum absolute atomic E-state index is 6.17. The van der Waals surface area contributed by atoms with Crippen LogP contribution in [0.1, 0.15) is 24.0 Å². The summed E-state index contributed by atoms with van der Waals surface area (Å²) in [6.07, 6.45) is 2.54. The van der Waals surface area contributed by atoms with Gasteiger partial charge in [0.15, 0.2) is 0 Å². The van der Waals surface area contributed by atoms with Crippen molar-refractivity contribution in [1.29, 1.82) is 0 Å². The smallest absolute Gasteiger partial charge is 0.120 e. The number of nitrogens with one attached hydrogen (secondary N) is 2. The molecule has 6 heteroatoms. The minimum atomic E-state index is 0. The van der Waals surface area contributed by atoms with Gasteiger partial charge in [-0.05, 0) is 62.2 Å². The molecule has 0 radical (unpaired) electrons. The summed E-state index contributed by atoms with van der Waals surface area (Å²) in [6.45, 7) is 4.76. The van der Waals surface area contributed by atoms with Crippen LogP contribution in [0.5, 0.6) is 5.75 Å². The van der Waals surface area contributed by atoms with Gasteiger partial charge in [-0.3, -0.25) is 0 Å². The summed E-state index contributed by atoms with van der Waals surface area (Å²) in [6, 6.07) is 16.1. The van der Waals surface area contributed by atoms with E-state index < -0.39 is 0 Å². The lowest BCUT2D eigenvalue weighted by Gasteiger charge is -2.22. The van der Waals surface area contributed by atoms with Gasteiger partial charge in [0.25, 0.3) is 0 Å². The number of rotatable bonds is 7. The molecular formula is C20H25Cl3N2O-2. The van der Waals surface area contributed by atoms with Gasteiger partial charge < -0.3 is 40.2 Å². The van der Waals surface area contributed by atoms with Crippen LogP contribution >= 0.6 is 11.6 Å². The number of halogens is 3. The fraction of sp³-hybridized carbons (Fsp3) is 0.400. The molecule has 26 heavy (non-hydrogen) atoms. The number of hydrogen-bond donors (Lipinski definition) is 2. The van der Waals surface area contributed by atoms with Crippen molar-refractivity contribution < 1.29 is 29.6 Å². The largest absolute Gasteiger partial charge is 1.00 e. The van der Waals surface area contributed by atoms with Gasteiger partial charge in [0.1, 0.15) is 12.4 Å². The Kier molecular flexibility index (Phi) is 11.0. The van der Waals surface area contributed by atoms with Gasteiger partial charge in [-0.1, -0.05) is 41.9 Å². The van der Waals surface area contributed by atoms with E-state index in [1.807, 2.05) is 36.4 Å². The molecule has 0 amide bonds. The van der Waals surface area contributed by atoms with Crippen molar-refractivity contribution in [2.75, 3.05) is 19.6 Å². The van der Waals surface area contributed by atoms with Gasteiger partial charge in [0.2, 0.25) is 0 Å². The van der Waals surface area contributed by atoms with Gasteiger partial charge in [-0.25, -0.2) is 0 Å². The Morgan fingerprint density at radius 1 is 1.04 bits per heavy atom. The summed E-state index contributed by atoms with van der Waals surface area (Å²) in [4.78, 5) is 0. The van der Waals surface area contributed by atoms with Crippen LogP contribution in [0.2, 0.25) is 5.02 Å². The second-order valence-corrected chi connectivity index (χ2v) is 6.76. The van der Waals surface area contributed by atoms with Crippen molar-refractivity contribution in [3.8, 4) is 5.75 Å². The molecule has 144 valence electrons. The van der Waals surface area contributed by atoms with Crippen LogP contribution in [0.3, 0.4) is 0 Å². The van der Waals surface area contributed by atoms with E-state index in [9.17, 15) is 0 Å². The van der Waals surface area contributed by atoms with E-state index in [1.165, 1.54) is 18.4 Å². The van der Waals surface area contributed by atoms with Crippen molar-refractivity contribution >= 4 is 11.6 Å². The van der Waals surface area contributed by atoms with E-state index in [-0.39, 0.29) is 24.8 Å². The molecule has 1 saturated heterocycles. The highest BCUT2D eigenvalue weighted by molar-refractivity contribution is 6.31. The number of benzene rings is 2.